The first-order chi connectivity index (χ1) is 12.1. The summed E-state index contributed by atoms with van der Waals surface area (Å²) in [7, 11) is 0. The van der Waals surface area contributed by atoms with Gasteiger partial charge in [-0.05, 0) is 48.7 Å². The van der Waals surface area contributed by atoms with Gasteiger partial charge in [0.15, 0.2) is 0 Å². The van der Waals surface area contributed by atoms with E-state index in [2.05, 4.69) is 16.0 Å². The molecule has 0 atom stereocenters. The molecule has 3 N–H and O–H groups in total. The van der Waals surface area contributed by atoms with Crippen LogP contribution in [0.2, 0.25) is 0 Å². The lowest BCUT2D eigenvalue weighted by Crippen LogP contribution is -2.34. The van der Waals surface area contributed by atoms with Crippen molar-refractivity contribution in [3.63, 3.8) is 0 Å². The lowest BCUT2D eigenvalue weighted by Gasteiger charge is -2.07. The molecule has 0 saturated carbocycles. The average molecular weight is 357 g/mol. The van der Waals surface area contributed by atoms with Crippen LogP contribution < -0.4 is 16.0 Å². The van der Waals surface area contributed by atoms with Gasteiger partial charge in [-0.2, -0.15) is 0 Å². The Morgan fingerprint density at radius 2 is 1.68 bits per heavy atom. The third kappa shape index (κ3) is 5.89. The van der Waals surface area contributed by atoms with Crippen LogP contribution in [0.4, 0.5) is 5.69 Å². The van der Waals surface area contributed by atoms with Gasteiger partial charge in [0.2, 0.25) is 5.91 Å². The second kappa shape index (κ2) is 9.39. The maximum atomic E-state index is 12.0. The van der Waals surface area contributed by atoms with Gasteiger partial charge in [-0.1, -0.05) is 12.1 Å². The smallest absolute Gasteiger partial charge is 0.261 e. The first-order valence-electron chi connectivity index (χ1n) is 7.74. The van der Waals surface area contributed by atoms with Crippen LogP contribution in [-0.2, 0) is 4.79 Å². The molecule has 1 heterocycles. The molecule has 0 radical (unpaired) electrons. The molecule has 2 rings (SSSR count). The molecule has 0 bridgehead atoms. The molecule has 0 aliphatic rings. The first-order valence-corrected chi connectivity index (χ1v) is 8.62. The van der Waals surface area contributed by atoms with Gasteiger partial charge in [0.1, 0.15) is 0 Å². The number of anilines is 1. The van der Waals surface area contributed by atoms with E-state index in [1.807, 2.05) is 11.4 Å². The molecule has 0 spiro atoms. The van der Waals surface area contributed by atoms with Gasteiger partial charge < -0.3 is 16.0 Å². The Morgan fingerprint density at radius 3 is 2.28 bits per heavy atom. The fourth-order valence-corrected chi connectivity index (χ4v) is 2.63. The zero-order valence-corrected chi connectivity index (χ0v) is 14.6. The topological polar surface area (TPSA) is 87.3 Å². The molecule has 0 unspecified atom stereocenters. The molecule has 0 aliphatic heterocycles. The number of allylic oxidation sites excluding steroid dienone is 1. The highest BCUT2D eigenvalue weighted by atomic mass is 32.1. The van der Waals surface area contributed by atoms with E-state index in [4.69, 9.17) is 0 Å². The van der Waals surface area contributed by atoms with Crippen molar-refractivity contribution in [1.82, 2.24) is 10.6 Å². The van der Waals surface area contributed by atoms with E-state index in [1.165, 1.54) is 17.4 Å². The minimum absolute atomic E-state index is 0.148. The Hall–Kier alpha value is -2.93. The summed E-state index contributed by atoms with van der Waals surface area (Å²) in [5.41, 5.74) is 1.09. The van der Waals surface area contributed by atoms with Crippen molar-refractivity contribution in [3.8, 4) is 0 Å². The number of hydrogen-bond donors (Lipinski definition) is 3. The number of carbonyl (C=O) groups excluding carboxylic acids is 3. The van der Waals surface area contributed by atoms with Crippen molar-refractivity contribution in [2.75, 3.05) is 18.4 Å². The van der Waals surface area contributed by atoms with Gasteiger partial charge >= 0.3 is 0 Å². The maximum absolute atomic E-state index is 12.0. The summed E-state index contributed by atoms with van der Waals surface area (Å²) in [5, 5.41) is 9.99. The SMILES string of the molecule is C/C=C/C(=O)Nc1ccc(C(=O)NCCNC(=O)c2cccs2)cc1. The summed E-state index contributed by atoms with van der Waals surface area (Å²) in [4.78, 5) is 35.8. The summed E-state index contributed by atoms with van der Waals surface area (Å²) in [5.74, 6) is -0.608. The van der Waals surface area contributed by atoms with Gasteiger partial charge in [0.25, 0.3) is 11.8 Å². The monoisotopic (exact) mass is 357 g/mol. The largest absolute Gasteiger partial charge is 0.350 e. The fourth-order valence-electron chi connectivity index (χ4n) is 1.99. The molecule has 25 heavy (non-hydrogen) atoms. The minimum Gasteiger partial charge on any atom is -0.350 e. The number of carbonyl (C=O) groups is 3. The van der Waals surface area contributed by atoms with Crippen molar-refractivity contribution in [3.05, 3.63) is 64.4 Å². The Balaban J connectivity index is 1.75. The second-order valence-corrected chi connectivity index (χ2v) is 6.00. The maximum Gasteiger partial charge on any atom is 0.261 e. The second-order valence-electron chi connectivity index (χ2n) is 5.06. The van der Waals surface area contributed by atoms with Crippen molar-refractivity contribution in [2.45, 2.75) is 6.92 Å². The van der Waals surface area contributed by atoms with Crippen molar-refractivity contribution < 1.29 is 14.4 Å². The van der Waals surface area contributed by atoms with Crippen LogP contribution in [0.3, 0.4) is 0 Å². The van der Waals surface area contributed by atoms with Gasteiger partial charge in [-0.25, -0.2) is 0 Å². The number of benzene rings is 1. The fraction of sp³-hybridized carbons (Fsp3) is 0.167. The number of nitrogens with one attached hydrogen (secondary N) is 3. The molecule has 0 saturated heterocycles. The van der Waals surface area contributed by atoms with Gasteiger partial charge in [-0.15, -0.1) is 11.3 Å². The molecule has 2 aromatic rings. The zero-order chi connectivity index (χ0) is 18.1. The highest BCUT2D eigenvalue weighted by molar-refractivity contribution is 7.12. The van der Waals surface area contributed by atoms with E-state index in [9.17, 15) is 14.4 Å². The third-order valence-corrected chi connectivity index (χ3v) is 4.04. The molecule has 6 nitrogen and oxygen atoms in total. The summed E-state index contributed by atoms with van der Waals surface area (Å²) in [6, 6.07) is 10.1. The standard InChI is InChI=1S/C18H19N3O3S/c1-2-4-16(22)21-14-8-6-13(7-9-14)17(23)19-10-11-20-18(24)15-5-3-12-25-15/h2-9,12H,10-11H2,1H3,(H,19,23)(H,20,24)(H,21,22)/b4-2+. The van der Waals surface area contributed by atoms with Crippen LogP contribution >= 0.6 is 11.3 Å². The van der Waals surface area contributed by atoms with Crippen LogP contribution in [0.1, 0.15) is 27.0 Å². The summed E-state index contributed by atoms with van der Waals surface area (Å²) in [6.45, 7) is 2.44. The summed E-state index contributed by atoms with van der Waals surface area (Å²) in [6.07, 6.45) is 3.07. The highest BCUT2D eigenvalue weighted by Crippen LogP contribution is 2.10. The Kier molecular flexibility index (Phi) is 6.91. The van der Waals surface area contributed by atoms with Gasteiger partial charge in [-0.3, -0.25) is 14.4 Å². The molecule has 7 heteroatoms. The highest BCUT2D eigenvalue weighted by Gasteiger charge is 2.07. The van der Waals surface area contributed by atoms with E-state index in [0.29, 0.717) is 29.2 Å². The van der Waals surface area contributed by atoms with Crippen molar-refractivity contribution in [2.24, 2.45) is 0 Å². The summed E-state index contributed by atoms with van der Waals surface area (Å²) >= 11 is 1.37. The average Bonchev–Trinajstić information content (AvgIpc) is 3.14. The van der Waals surface area contributed by atoms with Gasteiger partial charge in [0, 0.05) is 24.3 Å². The van der Waals surface area contributed by atoms with Crippen LogP contribution in [-0.4, -0.2) is 30.8 Å². The van der Waals surface area contributed by atoms with Crippen molar-refractivity contribution in [1.29, 1.82) is 0 Å². The third-order valence-electron chi connectivity index (χ3n) is 3.17. The zero-order valence-electron chi connectivity index (χ0n) is 13.7. The van der Waals surface area contributed by atoms with Crippen LogP contribution in [0.25, 0.3) is 0 Å². The number of amides is 3. The number of hydrogen-bond acceptors (Lipinski definition) is 4. The van der Waals surface area contributed by atoms with E-state index in [0.717, 1.165) is 0 Å². The lowest BCUT2D eigenvalue weighted by molar-refractivity contribution is -0.111. The van der Waals surface area contributed by atoms with Crippen LogP contribution in [0, 0.1) is 0 Å². The van der Waals surface area contributed by atoms with E-state index in [1.54, 1.807) is 43.3 Å². The molecule has 130 valence electrons. The number of rotatable bonds is 7. The van der Waals surface area contributed by atoms with Crippen LogP contribution in [0.5, 0.6) is 0 Å². The lowest BCUT2D eigenvalue weighted by atomic mass is 10.2. The predicted molar refractivity (Wildman–Crippen MR) is 98.9 cm³/mol. The predicted octanol–water partition coefficient (Wildman–Crippen LogP) is 2.42. The molecule has 1 aromatic carbocycles. The molecule has 1 aromatic heterocycles. The molecule has 0 aliphatic carbocycles. The van der Waals surface area contributed by atoms with E-state index < -0.39 is 0 Å². The molecular weight excluding hydrogens is 338 g/mol. The van der Waals surface area contributed by atoms with E-state index >= 15 is 0 Å². The number of thiophene rings is 1. The van der Waals surface area contributed by atoms with Crippen molar-refractivity contribution >= 4 is 34.7 Å². The Morgan fingerprint density at radius 1 is 1.00 bits per heavy atom. The molecule has 0 fully saturated rings. The Bertz CT molecular complexity index is 752. The van der Waals surface area contributed by atoms with Crippen LogP contribution in [0.15, 0.2) is 53.9 Å². The molecular formula is C18H19N3O3S. The van der Waals surface area contributed by atoms with E-state index in [-0.39, 0.29) is 17.7 Å². The Labute approximate surface area is 149 Å². The molecule has 3 amide bonds. The van der Waals surface area contributed by atoms with Gasteiger partial charge in [0.05, 0.1) is 4.88 Å². The quantitative estimate of drug-likeness (QED) is 0.525. The summed E-state index contributed by atoms with van der Waals surface area (Å²) < 4.78 is 0. The minimum atomic E-state index is -0.239. The first kappa shape index (κ1) is 18.4. The normalized spacial score (nSPS) is 10.4.